The number of nitrogens with zero attached hydrogens (tertiary/aromatic N) is 1. The summed E-state index contributed by atoms with van der Waals surface area (Å²) in [6, 6.07) is 18.5. The van der Waals surface area contributed by atoms with E-state index in [1.165, 1.54) is 5.56 Å². The number of carbonyl (C=O) groups excluding carboxylic acids is 1. The van der Waals surface area contributed by atoms with Crippen LogP contribution in [0, 0.1) is 6.92 Å². The minimum absolute atomic E-state index is 0.180. The van der Waals surface area contributed by atoms with Crippen molar-refractivity contribution < 1.29 is 4.79 Å². The first-order valence-corrected chi connectivity index (χ1v) is 7.65. The van der Waals surface area contributed by atoms with Crippen LogP contribution < -0.4 is 0 Å². The Labute approximate surface area is 126 Å². The van der Waals surface area contributed by atoms with Gasteiger partial charge < -0.3 is 4.90 Å². The molecule has 1 heterocycles. The van der Waals surface area contributed by atoms with Gasteiger partial charge in [-0.3, -0.25) is 4.79 Å². The van der Waals surface area contributed by atoms with Crippen LogP contribution in [0.1, 0.15) is 40.2 Å². The number of rotatable bonds is 2. The van der Waals surface area contributed by atoms with Gasteiger partial charge in [-0.05, 0) is 42.9 Å². The van der Waals surface area contributed by atoms with Gasteiger partial charge in [-0.15, -0.1) is 0 Å². The van der Waals surface area contributed by atoms with Crippen LogP contribution in [0.15, 0.2) is 54.6 Å². The Kier molecular flexibility index (Phi) is 4.05. The summed E-state index contributed by atoms with van der Waals surface area (Å²) in [7, 11) is 0. The molecule has 1 aliphatic heterocycles. The SMILES string of the molecule is Cc1ccccc1C(=O)N1CCC(c2ccccc2)CC1. The molecule has 0 bridgehead atoms. The summed E-state index contributed by atoms with van der Waals surface area (Å²) < 4.78 is 0. The van der Waals surface area contributed by atoms with E-state index < -0.39 is 0 Å². The standard InChI is InChI=1S/C19H21NO/c1-15-7-5-6-10-18(15)19(21)20-13-11-17(12-14-20)16-8-3-2-4-9-16/h2-10,17H,11-14H2,1H3. The Morgan fingerprint density at radius 2 is 1.57 bits per heavy atom. The molecule has 1 fully saturated rings. The molecule has 1 saturated heterocycles. The van der Waals surface area contributed by atoms with Gasteiger partial charge in [0.15, 0.2) is 0 Å². The molecular weight excluding hydrogens is 258 g/mol. The van der Waals surface area contributed by atoms with Crippen LogP contribution in [-0.4, -0.2) is 23.9 Å². The average molecular weight is 279 g/mol. The molecule has 0 radical (unpaired) electrons. The van der Waals surface area contributed by atoms with Gasteiger partial charge in [0.25, 0.3) is 5.91 Å². The van der Waals surface area contributed by atoms with E-state index in [0.29, 0.717) is 5.92 Å². The largest absolute Gasteiger partial charge is 0.339 e. The third-order valence-electron chi connectivity index (χ3n) is 4.43. The molecule has 0 spiro atoms. The Morgan fingerprint density at radius 3 is 2.24 bits per heavy atom. The minimum Gasteiger partial charge on any atom is -0.339 e. The van der Waals surface area contributed by atoms with Gasteiger partial charge >= 0.3 is 0 Å². The molecule has 0 aromatic heterocycles. The maximum absolute atomic E-state index is 12.6. The van der Waals surface area contributed by atoms with E-state index in [-0.39, 0.29) is 5.91 Å². The van der Waals surface area contributed by atoms with E-state index in [1.807, 2.05) is 36.1 Å². The summed E-state index contributed by atoms with van der Waals surface area (Å²) in [5.41, 5.74) is 3.31. The summed E-state index contributed by atoms with van der Waals surface area (Å²) in [5, 5.41) is 0. The van der Waals surface area contributed by atoms with Gasteiger partial charge in [0.1, 0.15) is 0 Å². The van der Waals surface area contributed by atoms with Crippen molar-refractivity contribution in [2.75, 3.05) is 13.1 Å². The molecule has 2 nitrogen and oxygen atoms in total. The zero-order chi connectivity index (χ0) is 14.7. The summed E-state index contributed by atoms with van der Waals surface area (Å²) in [6.07, 6.45) is 2.11. The number of hydrogen-bond acceptors (Lipinski definition) is 1. The number of benzene rings is 2. The lowest BCUT2D eigenvalue weighted by molar-refractivity contribution is 0.0712. The zero-order valence-electron chi connectivity index (χ0n) is 12.5. The van der Waals surface area contributed by atoms with E-state index in [0.717, 1.165) is 37.1 Å². The topological polar surface area (TPSA) is 20.3 Å². The van der Waals surface area contributed by atoms with Gasteiger partial charge in [0.2, 0.25) is 0 Å². The highest BCUT2D eigenvalue weighted by Crippen LogP contribution is 2.28. The number of amides is 1. The third-order valence-corrected chi connectivity index (χ3v) is 4.43. The van der Waals surface area contributed by atoms with Crippen molar-refractivity contribution in [3.05, 3.63) is 71.3 Å². The lowest BCUT2D eigenvalue weighted by atomic mass is 9.89. The molecule has 2 aromatic carbocycles. The van der Waals surface area contributed by atoms with Crippen LogP contribution in [-0.2, 0) is 0 Å². The van der Waals surface area contributed by atoms with E-state index >= 15 is 0 Å². The molecule has 2 heteroatoms. The third kappa shape index (κ3) is 2.99. The lowest BCUT2D eigenvalue weighted by Gasteiger charge is -2.32. The van der Waals surface area contributed by atoms with Gasteiger partial charge in [0, 0.05) is 18.7 Å². The van der Waals surface area contributed by atoms with Gasteiger partial charge in [-0.1, -0.05) is 48.5 Å². The summed E-state index contributed by atoms with van der Waals surface area (Å²) in [5.74, 6) is 0.770. The molecule has 21 heavy (non-hydrogen) atoms. The number of likely N-dealkylation sites (tertiary alicyclic amines) is 1. The van der Waals surface area contributed by atoms with Crippen molar-refractivity contribution >= 4 is 5.91 Å². The van der Waals surface area contributed by atoms with Crippen molar-refractivity contribution in [2.24, 2.45) is 0 Å². The molecule has 0 N–H and O–H groups in total. The first kappa shape index (κ1) is 13.9. The predicted octanol–water partition coefficient (Wildman–Crippen LogP) is 4.01. The molecular formula is C19H21NO. The second kappa shape index (κ2) is 6.13. The minimum atomic E-state index is 0.180. The van der Waals surface area contributed by atoms with E-state index in [2.05, 4.69) is 30.3 Å². The quantitative estimate of drug-likeness (QED) is 0.813. The van der Waals surface area contributed by atoms with E-state index in [1.54, 1.807) is 0 Å². The van der Waals surface area contributed by atoms with Crippen molar-refractivity contribution in [1.29, 1.82) is 0 Å². The molecule has 108 valence electrons. The fourth-order valence-electron chi connectivity index (χ4n) is 3.12. The van der Waals surface area contributed by atoms with Crippen LogP contribution in [0.3, 0.4) is 0 Å². The molecule has 0 aliphatic carbocycles. The van der Waals surface area contributed by atoms with Gasteiger partial charge in [-0.2, -0.15) is 0 Å². The van der Waals surface area contributed by atoms with E-state index in [9.17, 15) is 4.79 Å². The van der Waals surface area contributed by atoms with Crippen LogP contribution in [0.5, 0.6) is 0 Å². The summed E-state index contributed by atoms with van der Waals surface area (Å²) in [6.45, 7) is 3.71. The average Bonchev–Trinajstić information content (AvgIpc) is 2.56. The fraction of sp³-hybridized carbons (Fsp3) is 0.316. The monoisotopic (exact) mass is 279 g/mol. The number of aryl methyl sites for hydroxylation is 1. The molecule has 1 amide bonds. The van der Waals surface area contributed by atoms with Crippen molar-refractivity contribution in [1.82, 2.24) is 4.90 Å². The Hall–Kier alpha value is -2.09. The molecule has 3 rings (SSSR count). The van der Waals surface area contributed by atoms with Crippen molar-refractivity contribution in [2.45, 2.75) is 25.7 Å². The summed E-state index contributed by atoms with van der Waals surface area (Å²) >= 11 is 0. The first-order valence-electron chi connectivity index (χ1n) is 7.65. The van der Waals surface area contributed by atoms with Crippen molar-refractivity contribution in [3.8, 4) is 0 Å². The first-order chi connectivity index (χ1) is 10.3. The Morgan fingerprint density at radius 1 is 0.952 bits per heavy atom. The Bertz CT molecular complexity index is 612. The highest BCUT2D eigenvalue weighted by molar-refractivity contribution is 5.95. The Balaban J connectivity index is 1.66. The lowest BCUT2D eigenvalue weighted by Crippen LogP contribution is -2.38. The molecule has 2 aromatic rings. The van der Waals surface area contributed by atoms with Crippen molar-refractivity contribution in [3.63, 3.8) is 0 Å². The maximum Gasteiger partial charge on any atom is 0.254 e. The second-order valence-electron chi connectivity index (χ2n) is 5.79. The van der Waals surface area contributed by atoms with Gasteiger partial charge in [-0.25, -0.2) is 0 Å². The van der Waals surface area contributed by atoms with Crippen LogP contribution in [0.2, 0.25) is 0 Å². The molecule has 0 atom stereocenters. The maximum atomic E-state index is 12.6. The highest BCUT2D eigenvalue weighted by Gasteiger charge is 2.24. The fourth-order valence-corrected chi connectivity index (χ4v) is 3.12. The van der Waals surface area contributed by atoms with Gasteiger partial charge in [0.05, 0.1) is 0 Å². The number of hydrogen-bond donors (Lipinski definition) is 0. The predicted molar refractivity (Wildman–Crippen MR) is 85.5 cm³/mol. The molecule has 0 saturated carbocycles. The van der Waals surface area contributed by atoms with Crippen LogP contribution >= 0.6 is 0 Å². The number of carbonyl (C=O) groups is 1. The molecule has 0 unspecified atom stereocenters. The highest BCUT2D eigenvalue weighted by atomic mass is 16.2. The van der Waals surface area contributed by atoms with Crippen LogP contribution in [0.4, 0.5) is 0 Å². The zero-order valence-corrected chi connectivity index (χ0v) is 12.5. The smallest absolute Gasteiger partial charge is 0.254 e. The second-order valence-corrected chi connectivity index (χ2v) is 5.79. The van der Waals surface area contributed by atoms with Crippen LogP contribution in [0.25, 0.3) is 0 Å². The molecule has 1 aliphatic rings. The number of piperidine rings is 1. The summed E-state index contributed by atoms with van der Waals surface area (Å²) in [4.78, 5) is 14.6. The van der Waals surface area contributed by atoms with E-state index in [4.69, 9.17) is 0 Å². The normalized spacial score (nSPS) is 16.0.